The van der Waals surface area contributed by atoms with Crippen molar-refractivity contribution in [1.82, 2.24) is 30.0 Å². The topological polar surface area (TPSA) is 113 Å². The summed E-state index contributed by atoms with van der Waals surface area (Å²) in [6, 6.07) is 10.2. The highest BCUT2D eigenvalue weighted by molar-refractivity contribution is 7.13. The Bertz CT molecular complexity index is 1470. The van der Waals surface area contributed by atoms with Gasteiger partial charge in [0.2, 0.25) is 11.8 Å². The Kier molecular flexibility index (Phi) is 8.09. The maximum Gasteiger partial charge on any atom is 0.248 e. The molecule has 4 heterocycles. The predicted octanol–water partition coefficient (Wildman–Crippen LogP) is 4.41. The summed E-state index contributed by atoms with van der Waals surface area (Å²) < 4.78 is 1.66. The van der Waals surface area contributed by atoms with E-state index in [-0.39, 0.29) is 36.7 Å². The number of benzene rings is 1. The molecule has 1 saturated heterocycles. The number of likely N-dealkylation sites (tertiary alicyclic amines) is 1. The van der Waals surface area contributed by atoms with Crippen LogP contribution in [0.3, 0.4) is 0 Å². The molecular weight excluding hydrogens is 524 g/mol. The molecule has 9 nitrogen and oxygen atoms in total. The average Bonchev–Trinajstić information content (AvgIpc) is 3.69. The molecule has 0 spiro atoms. The third-order valence-electron chi connectivity index (χ3n) is 7.41. The van der Waals surface area contributed by atoms with Crippen molar-refractivity contribution in [1.29, 1.82) is 0 Å². The Hall–Kier alpha value is -3.89. The minimum absolute atomic E-state index is 0.0878. The van der Waals surface area contributed by atoms with Crippen LogP contribution in [0.2, 0.25) is 0 Å². The lowest BCUT2D eigenvalue weighted by molar-refractivity contribution is -0.142. The van der Waals surface area contributed by atoms with Crippen LogP contribution in [0.5, 0.6) is 0 Å². The number of amides is 2. The van der Waals surface area contributed by atoms with Gasteiger partial charge in [-0.2, -0.15) is 5.10 Å². The zero-order valence-electron chi connectivity index (χ0n) is 23.1. The van der Waals surface area contributed by atoms with E-state index in [1.807, 2.05) is 75.8 Å². The van der Waals surface area contributed by atoms with Crippen LogP contribution in [0.25, 0.3) is 21.6 Å². The van der Waals surface area contributed by atoms with Crippen LogP contribution < -0.4 is 5.32 Å². The van der Waals surface area contributed by atoms with Crippen molar-refractivity contribution in [2.24, 2.45) is 5.92 Å². The zero-order chi connectivity index (χ0) is 28.4. The van der Waals surface area contributed by atoms with Crippen molar-refractivity contribution < 1.29 is 14.7 Å². The number of aryl methyl sites for hydroxylation is 1. The molecule has 1 aliphatic rings. The molecule has 208 valence electrons. The molecule has 4 aromatic rings. The molecule has 2 N–H and O–H groups in total. The number of β-amino-alcohol motifs (C(OH)–C–C–N with tert-alkyl or cyclic N) is 1. The minimum atomic E-state index is -0.770. The van der Waals surface area contributed by atoms with Crippen molar-refractivity contribution in [3.8, 4) is 21.6 Å². The lowest BCUT2D eigenvalue weighted by Gasteiger charge is -2.30. The molecule has 5 rings (SSSR count). The van der Waals surface area contributed by atoms with Gasteiger partial charge in [0, 0.05) is 42.7 Å². The number of rotatable bonds is 8. The molecule has 3 aromatic heterocycles. The monoisotopic (exact) mass is 558 g/mol. The highest BCUT2D eigenvalue weighted by Gasteiger charge is 2.42. The Labute approximate surface area is 237 Å². The van der Waals surface area contributed by atoms with Gasteiger partial charge in [-0.3, -0.25) is 19.3 Å². The highest BCUT2D eigenvalue weighted by atomic mass is 32.1. The number of aliphatic hydroxyl groups is 1. The highest BCUT2D eigenvalue weighted by Crippen LogP contribution is 2.30. The second kappa shape index (κ2) is 11.7. The molecule has 1 fully saturated rings. The summed E-state index contributed by atoms with van der Waals surface area (Å²) in [5.41, 5.74) is 6.62. The SMILES string of the molecule is Cc1ncsc1-c1ccc([C@H](C)NC(=O)[C@@H]2C[C@@H](O)CN2C(=O)[C@H](C(C)C)n2cc(-c3cccnc3)cn2)cc1. The van der Waals surface area contributed by atoms with E-state index in [1.54, 1.807) is 34.6 Å². The Morgan fingerprint density at radius 1 is 1.07 bits per heavy atom. The third-order valence-corrected chi connectivity index (χ3v) is 8.39. The molecule has 1 aliphatic heterocycles. The van der Waals surface area contributed by atoms with E-state index in [9.17, 15) is 14.7 Å². The number of nitrogens with zero attached hydrogens (tertiary/aromatic N) is 5. The number of carbonyl (C=O) groups excluding carboxylic acids is 2. The molecule has 0 bridgehead atoms. The fraction of sp³-hybridized carbons (Fsp3) is 0.367. The second-order valence-electron chi connectivity index (χ2n) is 10.7. The minimum Gasteiger partial charge on any atom is -0.391 e. The third kappa shape index (κ3) is 5.68. The van der Waals surface area contributed by atoms with Gasteiger partial charge in [-0.25, -0.2) is 4.98 Å². The molecule has 1 aromatic carbocycles. The first kappa shape index (κ1) is 27.7. The fourth-order valence-corrected chi connectivity index (χ4v) is 6.06. The van der Waals surface area contributed by atoms with E-state index >= 15 is 0 Å². The molecule has 0 saturated carbocycles. The van der Waals surface area contributed by atoms with Crippen LogP contribution in [0.15, 0.2) is 66.7 Å². The first-order chi connectivity index (χ1) is 19.2. The molecule has 4 atom stereocenters. The first-order valence-electron chi connectivity index (χ1n) is 13.5. The Balaban J connectivity index is 1.30. The molecule has 2 amide bonds. The van der Waals surface area contributed by atoms with Gasteiger partial charge in [0.1, 0.15) is 12.1 Å². The Morgan fingerprint density at radius 3 is 2.50 bits per heavy atom. The predicted molar refractivity (Wildman–Crippen MR) is 154 cm³/mol. The summed E-state index contributed by atoms with van der Waals surface area (Å²) in [6.45, 7) is 7.92. The van der Waals surface area contributed by atoms with Crippen LogP contribution in [0.1, 0.15) is 50.5 Å². The molecule has 0 unspecified atom stereocenters. The van der Waals surface area contributed by atoms with Gasteiger partial charge in [-0.15, -0.1) is 11.3 Å². The molecular formula is C30H34N6O3S. The summed E-state index contributed by atoms with van der Waals surface area (Å²) in [4.78, 5) is 38.5. The van der Waals surface area contributed by atoms with E-state index in [1.165, 1.54) is 4.90 Å². The summed E-state index contributed by atoms with van der Waals surface area (Å²) in [7, 11) is 0. The van der Waals surface area contributed by atoms with Crippen molar-refractivity contribution >= 4 is 23.2 Å². The van der Waals surface area contributed by atoms with E-state index in [0.717, 1.165) is 32.8 Å². The van der Waals surface area contributed by atoms with Crippen molar-refractivity contribution in [2.45, 2.75) is 58.3 Å². The summed E-state index contributed by atoms with van der Waals surface area (Å²) in [6.07, 6.45) is 6.43. The van der Waals surface area contributed by atoms with Crippen LogP contribution in [-0.4, -0.2) is 60.3 Å². The fourth-order valence-electron chi connectivity index (χ4n) is 5.25. The number of hydrogen-bond acceptors (Lipinski definition) is 7. The summed E-state index contributed by atoms with van der Waals surface area (Å²) in [5, 5.41) is 18.0. The van der Waals surface area contributed by atoms with E-state index in [2.05, 4.69) is 20.4 Å². The van der Waals surface area contributed by atoms with Gasteiger partial charge in [0.15, 0.2) is 0 Å². The van der Waals surface area contributed by atoms with Crippen molar-refractivity contribution in [2.75, 3.05) is 6.54 Å². The van der Waals surface area contributed by atoms with Crippen LogP contribution in [0.4, 0.5) is 0 Å². The van der Waals surface area contributed by atoms with Gasteiger partial charge >= 0.3 is 0 Å². The largest absolute Gasteiger partial charge is 0.391 e. The summed E-state index contributed by atoms with van der Waals surface area (Å²) in [5.74, 6) is -0.599. The Morgan fingerprint density at radius 2 is 1.85 bits per heavy atom. The summed E-state index contributed by atoms with van der Waals surface area (Å²) >= 11 is 1.60. The van der Waals surface area contributed by atoms with Crippen LogP contribution in [0, 0.1) is 12.8 Å². The van der Waals surface area contributed by atoms with E-state index < -0.39 is 18.2 Å². The van der Waals surface area contributed by atoms with Gasteiger partial charge in [0.05, 0.1) is 34.4 Å². The normalized spacial score (nSPS) is 18.6. The molecule has 0 radical (unpaired) electrons. The van der Waals surface area contributed by atoms with Crippen molar-refractivity contribution in [3.05, 3.63) is 78.0 Å². The second-order valence-corrected chi connectivity index (χ2v) is 11.5. The van der Waals surface area contributed by atoms with Gasteiger partial charge < -0.3 is 15.3 Å². The van der Waals surface area contributed by atoms with Crippen molar-refractivity contribution in [3.63, 3.8) is 0 Å². The van der Waals surface area contributed by atoms with Crippen LogP contribution >= 0.6 is 11.3 Å². The quantitative estimate of drug-likeness (QED) is 0.331. The molecule has 40 heavy (non-hydrogen) atoms. The van der Waals surface area contributed by atoms with Gasteiger partial charge in [-0.1, -0.05) is 44.2 Å². The number of aromatic nitrogens is 4. The van der Waals surface area contributed by atoms with E-state index in [0.29, 0.717) is 0 Å². The number of pyridine rings is 1. The van der Waals surface area contributed by atoms with Gasteiger partial charge in [0.25, 0.3) is 0 Å². The standard InChI is InChI=1S/C30H34N6O3S/c1-18(2)27(36-15-24(14-33-36)23-6-5-11-31-13-23)30(39)35-16-25(37)12-26(35)29(38)34-19(3)21-7-9-22(10-8-21)28-20(4)32-17-40-28/h5-11,13-15,17-19,25-27,37H,12,16H2,1-4H3,(H,34,38)/t19-,25+,26-,27-/m0/s1. The number of carbonyl (C=O) groups is 2. The molecule has 0 aliphatic carbocycles. The number of nitrogens with one attached hydrogen (secondary N) is 1. The lowest BCUT2D eigenvalue weighted by atomic mass is 10.0. The van der Waals surface area contributed by atoms with E-state index in [4.69, 9.17) is 0 Å². The lowest BCUT2D eigenvalue weighted by Crippen LogP contribution is -2.49. The van der Waals surface area contributed by atoms with Crippen LogP contribution in [-0.2, 0) is 9.59 Å². The first-order valence-corrected chi connectivity index (χ1v) is 14.3. The number of hydrogen-bond donors (Lipinski definition) is 2. The average molecular weight is 559 g/mol. The van der Waals surface area contributed by atoms with Gasteiger partial charge in [-0.05, 0) is 37.0 Å². The maximum atomic E-state index is 13.9. The number of thiazole rings is 1. The maximum absolute atomic E-state index is 13.9. The number of aliphatic hydroxyl groups excluding tert-OH is 1. The zero-order valence-corrected chi connectivity index (χ0v) is 23.9. The smallest absolute Gasteiger partial charge is 0.248 e. The molecule has 10 heteroatoms.